The zero-order valence-corrected chi connectivity index (χ0v) is 12.9. The van der Waals surface area contributed by atoms with E-state index in [4.69, 9.17) is 5.73 Å². The van der Waals surface area contributed by atoms with Crippen LogP contribution in [0, 0.1) is 5.82 Å². The van der Waals surface area contributed by atoms with Gasteiger partial charge in [-0.1, -0.05) is 22.0 Å². The number of benzene rings is 2. The van der Waals surface area contributed by atoms with Gasteiger partial charge in [0.25, 0.3) is 0 Å². The van der Waals surface area contributed by atoms with E-state index in [1.54, 1.807) is 30.3 Å². The normalized spacial score (nSPS) is 11.8. The molecule has 0 bridgehead atoms. The predicted molar refractivity (Wildman–Crippen MR) is 85.8 cm³/mol. The highest BCUT2D eigenvalue weighted by molar-refractivity contribution is 9.10. The Labute approximate surface area is 130 Å². The molecule has 1 atom stereocenters. The van der Waals surface area contributed by atoms with Crippen LogP contribution in [0.1, 0.15) is 18.5 Å². The third-order valence-corrected chi connectivity index (χ3v) is 3.43. The molecule has 0 spiro atoms. The van der Waals surface area contributed by atoms with Crippen LogP contribution in [-0.2, 0) is 0 Å². The van der Waals surface area contributed by atoms with Gasteiger partial charge in [0, 0.05) is 21.4 Å². The van der Waals surface area contributed by atoms with Crippen molar-refractivity contribution in [1.29, 1.82) is 0 Å². The van der Waals surface area contributed by atoms with Gasteiger partial charge in [0.15, 0.2) is 0 Å². The lowest BCUT2D eigenvalue weighted by molar-refractivity contribution is 0.259. The molecule has 110 valence electrons. The van der Waals surface area contributed by atoms with Crippen molar-refractivity contribution in [3.05, 3.63) is 58.3 Å². The zero-order valence-electron chi connectivity index (χ0n) is 11.4. The van der Waals surface area contributed by atoms with Crippen LogP contribution in [0.5, 0.6) is 0 Å². The Bertz CT molecular complexity index is 663. The van der Waals surface area contributed by atoms with E-state index in [1.165, 1.54) is 6.07 Å². The van der Waals surface area contributed by atoms with Crippen molar-refractivity contribution in [1.82, 2.24) is 0 Å². The molecule has 1 unspecified atom stereocenters. The van der Waals surface area contributed by atoms with Crippen molar-refractivity contribution in [3.63, 3.8) is 0 Å². The van der Waals surface area contributed by atoms with Crippen LogP contribution in [0.4, 0.5) is 20.6 Å². The lowest BCUT2D eigenvalue weighted by Gasteiger charge is -2.17. The summed E-state index contributed by atoms with van der Waals surface area (Å²) in [6, 6.07) is 11.0. The van der Waals surface area contributed by atoms with Crippen LogP contribution in [-0.4, -0.2) is 6.03 Å². The van der Waals surface area contributed by atoms with E-state index in [1.807, 2.05) is 13.0 Å². The standard InChI is InChI=1S/C15H15BrFN3O/c1-9(13-7-10(16)5-6-14(13)17)19-11-3-2-4-12(8-11)20-15(18)21/h2-9,19H,1H3,(H3,18,20,21). The summed E-state index contributed by atoms with van der Waals surface area (Å²) < 4.78 is 14.7. The lowest BCUT2D eigenvalue weighted by Crippen LogP contribution is -2.19. The van der Waals surface area contributed by atoms with Gasteiger partial charge in [-0.3, -0.25) is 0 Å². The van der Waals surface area contributed by atoms with E-state index < -0.39 is 6.03 Å². The molecule has 0 saturated heterocycles. The first kappa shape index (κ1) is 15.3. The minimum absolute atomic E-state index is 0.230. The fraction of sp³-hybridized carbons (Fsp3) is 0.133. The molecule has 0 saturated carbocycles. The molecule has 0 aliphatic heterocycles. The van der Waals surface area contributed by atoms with Gasteiger partial charge in [-0.05, 0) is 43.3 Å². The Morgan fingerprint density at radius 1 is 1.24 bits per heavy atom. The summed E-state index contributed by atoms with van der Waals surface area (Å²) in [6.45, 7) is 1.86. The highest BCUT2D eigenvalue weighted by atomic mass is 79.9. The zero-order chi connectivity index (χ0) is 15.4. The number of nitrogens with two attached hydrogens (primary N) is 1. The quantitative estimate of drug-likeness (QED) is 0.770. The van der Waals surface area contributed by atoms with Gasteiger partial charge in [0.2, 0.25) is 0 Å². The number of carbonyl (C=O) groups excluding carboxylic acids is 1. The van der Waals surface area contributed by atoms with Crippen molar-refractivity contribution in [2.45, 2.75) is 13.0 Å². The Balaban J connectivity index is 2.17. The molecule has 2 aromatic carbocycles. The highest BCUT2D eigenvalue weighted by Gasteiger charge is 2.11. The van der Waals surface area contributed by atoms with Crippen LogP contribution in [0.15, 0.2) is 46.9 Å². The van der Waals surface area contributed by atoms with Gasteiger partial charge in [-0.15, -0.1) is 0 Å². The van der Waals surface area contributed by atoms with Crippen LogP contribution in [0.25, 0.3) is 0 Å². The molecular formula is C15H15BrFN3O. The number of hydrogen-bond acceptors (Lipinski definition) is 2. The van der Waals surface area contributed by atoms with E-state index in [9.17, 15) is 9.18 Å². The number of halogens is 2. The Morgan fingerprint density at radius 3 is 2.67 bits per heavy atom. The topological polar surface area (TPSA) is 67.2 Å². The Morgan fingerprint density at radius 2 is 1.95 bits per heavy atom. The first-order valence-electron chi connectivity index (χ1n) is 6.33. The number of urea groups is 1. The van der Waals surface area contributed by atoms with Gasteiger partial charge in [-0.2, -0.15) is 0 Å². The molecule has 21 heavy (non-hydrogen) atoms. The smallest absolute Gasteiger partial charge is 0.316 e. The highest BCUT2D eigenvalue weighted by Crippen LogP contribution is 2.25. The van der Waals surface area contributed by atoms with E-state index in [2.05, 4.69) is 26.6 Å². The van der Waals surface area contributed by atoms with Crippen molar-refractivity contribution in [3.8, 4) is 0 Å². The molecule has 2 amide bonds. The minimum Gasteiger partial charge on any atom is -0.378 e. The minimum atomic E-state index is -0.627. The molecule has 0 heterocycles. The molecule has 0 fully saturated rings. The molecule has 6 heteroatoms. The molecule has 2 rings (SSSR count). The van der Waals surface area contributed by atoms with Gasteiger partial charge in [-0.25, -0.2) is 9.18 Å². The van der Waals surface area contributed by atoms with Crippen molar-refractivity contribution in [2.24, 2.45) is 5.73 Å². The third kappa shape index (κ3) is 4.19. The van der Waals surface area contributed by atoms with E-state index in [0.717, 1.165) is 10.2 Å². The number of primary amides is 1. The van der Waals surface area contributed by atoms with Gasteiger partial charge < -0.3 is 16.4 Å². The first-order chi connectivity index (χ1) is 9.95. The molecule has 4 nitrogen and oxygen atoms in total. The second-order valence-corrected chi connectivity index (χ2v) is 5.52. The van der Waals surface area contributed by atoms with Crippen molar-refractivity contribution >= 4 is 33.3 Å². The number of anilines is 2. The monoisotopic (exact) mass is 351 g/mol. The number of amides is 2. The summed E-state index contributed by atoms with van der Waals surface area (Å²) in [5, 5.41) is 5.68. The fourth-order valence-corrected chi connectivity index (χ4v) is 2.38. The molecule has 0 aliphatic carbocycles. The molecule has 0 radical (unpaired) electrons. The SMILES string of the molecule is CC(Nc1cccc(NC(N)=O)c1)c1cc(Br)ccc1F. The summed E-state index contributed by atoms with van der Waals surface area (Å²) in [5.74, 6) is -0.274. The number of carbonyl (C=O) groups is 1. The molecule has 2 aromatic rings. The summed E-state index contributed by atoms with van der Waals surface area (Å²) in [4.78, 5) is 10.8. The maximum Gasteiger partial charge on any atom is 0.316 e. The van der Waals surface area contributed by atoms with Crippen LogP contribution >= 0.6 is 15.9 Å². The molecule has 4 N–H and O–H groups in total. The second kappa shape index (κ2) is 6.58. The van der Waals surface area contributed by atoms with Gasteiger partial charge in [0.05, 0.1) is 6.04 Å². The maximum atomic E-state index is 13.8. The van der Waals surface area contributed by atoms with E-state index >= 15 is 0 Å². The fourth-order valence-electron chi connectivity index (χ4n) is 2.00. The first-order valence-corrected chi connectivity index (χ1v) is 7.13. The Kier molecular flexibility index (Phi) is 4.80. The summed E-state index contributed by atoms with van der Waals surface area (Å²) in [7, 11) is 0. The summed E-state index contributed by atoms with van der Waals surface area (Å²) in [6.07, 6.45) is 0. The average Bonchev–Trinajstić information content (AvgIpc) is 2.41. The molecule has 0 aliphatic rings. The largest absolute Gasteiger partial charge is 0.378 e. The van der Waals surface area contributed by atoms with Crippen molar-refractivity contribution in [2.75, 3.05) is 10.6 Å². The number of rotatable bonds is 4. The van der Waals surface area contributed by atoms with Gasteiger partial charge in [0.1, 0.15) is 5.82 Å². The van der Waals surface area contributed by atoms with Crippen LogP contribution < -0.4 is 16.4 Å². The molecule has 0 aromatic heterocycles. The maximum absolute atomic E-state index is 13.8. The second-order valence-electron chi connectivity index (χ2n) is 4.60. The summed E-state index contributed by atoms with van der Waals surface area (Å²) >= 11 is 3.33. The molecular weight excluding hydrogens is 337 g/mol. The van der Waals surface area contributed by atoms with E-state index in [-0.39, 0.29) is 11.9 Å². The van der Waals surface area contributed by atoms with Crippen LogP contribution in [0.2, 0.25) is 0 Å². The van der Waals surface area contributed by atoms with Crippen LogP contribution in [0.3, 0.4) is 0 Å². The Hall–Kier alpha value is -2.08. The third-order valence-electron chi connectivity index (χ3n) is 2.94. The summed E-state index contributed by atoms with van der Waals surface area (Å²) in [5.41, 5.74) is 6.97. The van der Waals surface area contributed by atoms with Crippen molar-refractivity contribution < 1.29 is 9.18 Å². The lowest BCUT2D eigenvalue weighted by atomic mass is 10.1. The van der Waals surface area contributed by atoms with E-state index in [0.29, 0.717) is 11.3 Å². The van der Waals surface area contributed by atoms with Gasteiger partial charge >= 0.3 is 6.03 Å². The number of nitrogens with one attached hydrogen (secondary N) is 2. The predicted octanol–water partition coefficient (Wildman–Crippen LogP) is 4.25. The average molecular weight is 352 g/mol. The number of hydrogen-bond donors (Lipinski definition) is 3.